The molecule has 0 radical (unpaired) electrons. The van der Waals surface area contributed by atoms with Crippen molar-refractivity contribution >= 4 is 24.3 Å². The highest BCUT2D eigenvalue weighted by Gasteiger charge is 2.35. The first kappa shape index (κ1) is 12.4. The molecule has 96 valence electrons. The van der Waals surface area contributed by atoms with Crippen molar-refractivity contribution in [3.63, 3.8) is 0 Å². The van der Waals surface area contributed by atoms with E-state index in [2.05, 4.69) is 0 Å². The molecular weight excluding hydrogens is 252 g/mol. The zero-order valence-corrected chi connectivity index (χ0v) is 8.98. The molecule has 0 aliphatic carbocycles. The molecule has 0 bridgehead atoms. The van der Waals surface area contributed by atoms with Crippen LogP contribution in [0.3, 0.4) is 0 Å². The molecule has 1 aromatic carbocycles. The van der Waals surface area contributed by atoms with Crippen molar-refractivity contribution < 1.29 is 22.7 Å². The smallest absolute Gasteiger partial charge is 0.448 e. The Labute approximate surface area is 99.4 Å². The van der Waals surface area contributed by atoms with Gasteiger partial charge in [-0.05, 0) is 18.1 Å². The predicted molar refractivity (Wildman–Crippen MR) is 58.2 cm³/mol. The van der Waals surface area contributed by atoms with E-state index in [-0.39, 0.29) is 23.4 Å². The van der Waals surface area contributed by atoms with Crippen LogP contribution in [0.15, 0.2) is 18.2 Å². The summed E-state index contributed by atoms with van der Waals surface area (Å²) in [5.74, 6) is -0.690. The van der Waals surface area contributed by atoms with E-state index in [9.17, 15) is 27.9 Å². The summed E-state index contributed by atoms with van der Waals surface area (Å²) >= 11 is 0. The zero-order valence-electron chi connectivity index (χ0n) is 8.98. The minimum Gasteiger partial charge on any atom is -0.448 e. The number of anilines is 1. The van der Waals surface area contributed by atoms with Crippen molar-refractivity contribution in [2.75, 3.05) is 11.3 Å². The van der Waals surface area contributed by atoms with E-state index in [1.54, 1.807) is 0 Å². The van der Waals surface area contributed by atoms with Gasteiger partial charge in [-0.1, -0.05) is 0 Å². The Hall–Kier alpha value is -2.06. The largest absolute Gasteiger partial charge is 0.497 e. The van der Waals surface area contributed by atoms with Crippen LogP contribution >= 0.6 is 0 Å². The van der Waals surface area contributed by atoms with Gasteiger partial charge >= 0.3 is 6.98 Å². The Bertz CT molecular complexity index is 532. The van der Waals surface area contributed by atoms with Gasteiger partial charge in [-0.2, -0.15) is 0 Å². The first-order valence-electron chi connectivity index (χ1n) is 5.06. The second kappa shape index (κ2) is 4.00. The first-order chi connectivity index (χ1) is 8.28. The van der Waals surface area contributed by atoms with Gasteiger partial charge in [-0.15, -0.1) is 0 Å². The van der Waals surface area contributed by atoms with E-state index in [0.717, 1.165) is 12.1 Å². The second-order valence-corrected chi connectivity index (χ2v) is 3.96. The number of nitro groups is 1. The third kappa shape index (κ3) is 2.29. The van der Waals surface area contributed by atoms with Crippen molar-refractivity contribution in [2.24, 2.45) is 0 Å². The molecule has 1 aliphatic rings. The molecule has 1 amide bonds. The van der Waals surface area contributed by atoms with Crippen LogP contribution in [-0.4, -0.2) is 24.3 Å². The number of amides is 1. The molecule has 9 heteroatoms. The predicted octanol–water partition coefficient (Wildman–Crippen LogP) is 1.87. The van der Waals surface area contributed by atoms with Crippen molar-refractivity contribution in [2.45, 2.75) is 6.42 Å². The normalized spacial score (nSPS) is 14.8. The number of fused-ring (bicyclic) bond motifs is 1. The van der Waals surface area contributed by atoms with Gasteiger partial charge in [-0.3, -0.25) is 14.9 Å². The van der Waals surface area contributed by atoms with Gasteiger partial charge < -0.3 is 17.8 Å². The number of carbonyl (C=O) groups is 1. The van der Waals surface area contributed by atoms with Gasteiger partial charge in [0.1, 0.15) is 0 Å². The van der Waals surface area contributed by atoms with E-state index in [0.29, 0.717) is 4.90 Å². The minimum absolute atomic E-state index is 0.102. The van der Waals surface area contributed by atoms with Crippen molar-refractivity contribution in [3.05, 3.63) is 33.9 Å². The molecule has 0 aromatic heterocycles. The summed E-state index contributed by atoms with van der Waals surface area (Å²) in [6.45, 7) is -5.13. The molecule has 0 atom stereocenters. The third-order valence-corrected chi connectivity index (χ3v) is 2.60. The number of nitro benzene ring substituents is 1. The van der Waals surface area contributed by atoms with Crippen LogP contribution in [0.2, 0.25) is 0 Å². The average molecular weight is 259 g/mol. The van der Waals surface area contributed by atoms with Crippen molar-refractivity contribution in [3.8, 4) is 0 Å². The topological polar surface area (TPSA) is 63.4 Å². The van der Waals surface area contributed by atoms with Gasteiger partial charge in [0.2, 0.25) is 5.91 Å². The molecule has 1 aliphatic heterocycles. The summed E-state index contributed by atoms with van der Waals surface area (Å²) in [7, 11) is 0. The zero-order chi connectivity index (χ0) is 13.5. The molecule has 0 spiro atoms. The summed E-state index contributed by atoms with van der Waals surface area (Å²) in [6, 6.07) is 3.41. The van der Waals surface area contributed by atoms with Gasteiger partial charge in [0.05, 0.1) is 11.3 Å². The maximum atomic E-state index is 12.3. The second-order valence-electron chi connectivity index (χ2n) is 3.96. The Morgan fingerprint density at radius 2 is 2.06 bits per heavy atom. The molecule has 1 aromatic rings. The number of non-ortho nitro benzene ring substituents is 1. The van der Waals surface area contributed by atoms with E-state index < -0.39 is 24.3 Å². The molecule has 0 fully saturated rings. The highest BCUT2D eigenvalue weighted by atomic mass is 19.4. The summed E-state index contributed by atoms with van der Waals surface area (Å²) in [5.41, 5.74) is 0.125. The number of benzene rings is 1. The van der Waals surface area contributed by atoms with Crippen LogP contribution in [0.25, 0.3) is 0 Å². The SMILES string of the molecule is O=C1Cc2cc([N+](=O)[O-])ccc2N1C[B-](F)(F)F. The standard InChI is InChI=1S/C9H7BF3N2O3/c11-10(12,13)5-14-8-2-1-7(15(17)18)3-6(8)4-9(14)16/h1-3H,4-5H2/q-1. The Morgan fingerprint density at radius 1 is 1.39 bits per heavy atom. The maximum absolute atomic E-state index is 12.3. The van der Waals surface area contributed by atoms with Crippen molar-refractivity contribution in [1.29, 1.82) is 0 Å². The Kier molecular flexibility index (Phi) is 2.76. The number of hydrogen-bond acceptors (Lipinski definition) is 3. The molecule has 0 saturated heterocycles. The van der Waals surface area contributed by atoms with Gasteiger partial charge in [0.15, 0.2) is 0 Å². The summed E-state index contributed by atoms with van der Waals surface area (Å²) in [6.07, 6.45) is -1.55. The van der Waals surface area contributed by atoms with E-state index in [1.807, 2.05) is 0 Å². The van der Waals surface area contributed by atoms with Gasteiger partial charge in [0, 0.05) is 17.8 Å². The lowest BCUT2D eigenvalue weighted by Crippen LogP contribution is -2.39. The molecule has 0 unspecified atom stereocenters. The third-order valence-electron chi connectivity index (χ3n) is 2.60. The van der Waals surface area contributed by atoms with Crippen LogP contribution in [0.1, 0.15) is 5.56 Å². The molecule has 0 N–H and O–H groups in total. The van der Waals surface area contributed by atoms with Gasteiger partial charge in [0.25, 0.3) is 5.69 Å². The van der Waals surface area contributed by atoms with Crippen LogP contribution in [0, 0.1) is 10.1 Å². The lowest BCUT2D eigenvalue weighted by atomic mass is 9.91. The fraction of sp³-hybridized carbons (Fsp3) is 0.222. The Morgan fingerprint density at radius 3 is 2.61 bits per heavy atom. The average Bonchev–Trinajstić information content (AvgIpc) is 2.52. The number of halogens is 3. The number of carbonyl (C=O) groups excluding carboxylic acids is 1. The van der Waals surface area contributed by atoms with Gasteiger partial charge in [-0.25, -0.2) is 0 Å². The van der Waals surface area contributed by atoms with Crippen molar-refractivity contribution in [1.82, 2.24) is 0 Å². The molecular formula is C9H7BF3N2O3-. The summed E-state index contributed by atoms with van der Waals surface area (Å²) in [5, 5.41) is 10.5. The monoisotopic (exact) mass is 259 g/mol. The van der Waals surface area contributed by atoms with Crippen LogP contribution in [-0.2, 0) is 11.2 Å². The van der Waals surface area contributed by atoms with E-state index in [1.165, 1.54) is 6.07 Å². The molecule has 0 saturated carbocycles. The lowest BCUT2D eigenvalue weighted by Gasteiger charge is -2.24. The van der Waals surface area contributed by atoms with Crippen LogP contribution < -0.4 is 4.90 Å². The molecule has 5 nitrogen and oxygen atoms in total. The lowest BCUT2D eigenvalue weighted by molar-refractivity contribution is -0.384. The maximum Gasteiger partial charge on any atom is 0.497 e. The van der Waals surface area contributed by atoms with E-state index >= 15 is 0 Å². The minimum atomic E-state index is -5.13. The molecule has 18 heavy (non-hydrogen) atoms. The number of hydrogen-bond donors (Lipinski definition) is 0. The summed E-state index contributed by atoms with van der Waals surface area (Å²) < 4.78 is 37.0. The summed E-state index contributed by atoms with van der Waals surface area (Å²) in [4.78, 5) is 22.0. The fourth-order valence-electron chi connectivity index (χ4n) is 1.89. The highest BCUT2D eigenvalue weighted by Crippen LogP contribution is 2.33. The van der Waals surface area contributed by atoms with E-state index in [4.69, 9.17) is 0 Å². The van der Waals surface area contributed by atoms with Crippen LogP contribution in [0.5, 0.6) is 0 Å². The Balaban J connectivity index is 2.35. The first-order valence-corrected chi connectivity index (χ1v) is 5.06. The molecule has 1 heterocycles. The number of rotatable bonds is 3. The molecule has 2 rings (SSSR count). The quantitative estimate of drug-likeness (QED) is 0.472. The number of nitrogens with zero attached hydrogens (tertiary/aromatic N) is 2. The highest BCUT2D eigenvalue weighted by molar-refractivity contribution is 6.59. The fourth-order valence-corrected chi connectivity index (χ4v) is 1.89. The van der Waals surface area contributed by atoms with Crippen LogP contribution in [0.4, 0.5) is 24.3 Å².